The quantitative estimate of drug-likeness (QED) is 0.133. The van der Waals surface area contributed by atoms with Gasteiger partial charge in [-0.3, -0.25) is 0 Å². The molecular formula is C82H60BN3. The molecule has 13 aromatic carbocycles. The highest BCUT2D eigenvalue weighted by molar-refractivity contribution is 7.00. The zero-order valence-corrected chi connectivity index (χ0v) is 48.6. The zero-order valence-electron chi connectivity index (χ0n) is 48.6. The summed E-state index contributed by atoms with van der Waals surface area (Å²) in [6.07, 6.45) is 0. The molecule has 0 saturated heterocycles. The highest BCUT2D eigenvalue weighted by atomic mass is 15.2. The molecule has 0 amide bonds. The van der Waals surface area contributed by atoms with Crippen molar-refractivity contribution in [2.75, 3.05) is 9.80 Å². The van der Waals surface area contributed by atoms with Crippen molar-refractivity contribution in [3.63, 3.8) is 0 Å². The minimum Gasteiger partial charge on any atom is -0.311 e. The Morgan fingerprint density at radius 1 is 0.244 bits per heavy atom. The minimum atomic E-state index is -0.151. The second-order valence-electron chi connectivity index (χ2n) is 23.5. The van der Waals surface area contributed by atoms with Gasteiger partial charge in [0.2, 0.25) is 0 Å². The summed E-state index contributed by atoms with van der Waals surface area (Å²) in [6, 6.07) is 109. The number of aromatic nitrogens is 1. The highest BCUT2D eigenvalue weighted by Gasteiger charge is 2.44. The van der Waals surface area contributed by atoms with Gasteiger partial charge in [0.05, 0.1) is 16.7 Å². The normalized spacial score (nSPS) is 12.3. The van der Waals surface area contributed by atoms with Gasteiger partial charge >= 0.3 is 0 Å². The maximum absolute atomic E-state index is 2.63. The van der Waals surface area contributed by atoms with E-state index in [4.69, 9.17) is 0 Å². The fraction of sp³-hybridized carbons (Fsp3) is 0.0488. The van der Waals surface area contributed by atoms with Gasteiger partial charge in [-0.1, -0.05) is 231 Å². The van der Waals surface area contributed by atoms with Crippen LogP contribution in [0.15, 0.2) is 291 Å². The number of anilines is 6. The molecule has 0 unspecified atom stereocenters. The van der Waals surface area contributed by atoms with Crippen LogP contribution in [-0.4, -0.2) is 11.3 Å². The van der Waals surface area contributed by atoms with E-state index in [-0.39, 0.29) is 6.71 Å². The summed E-state index contributed by atoms with van der Waals surface area (Å²) in [7, 11) is 0. The molecule has 0 saturated carbocycles. The Morgan fingerprint density at radius 2 is 0.593 bits per heavy atom. The number of fused-ring (bicyclic) bond motifs is 7. The van der Waals surface area contributed by atoms with Crippen LogP contribution in [0.5, 0.6) is 0 Å². The van der Waals surface area contributed by atoms with E-state index in [2.05, 4.69) is 333 Å². The van der Waals surface area contributed by atoms with Crippen molar-refractivity contribution in [2.45, 2.75) is 27.7 Å². The van der Waals surface area contributed by atoms with Gasteiger partial charge < -0.3 is 14.4 Å². The van der Waals surface area contributed by atoms with Crippen LogP contribution < -0.4 is 26.2 Å². The van der Waals surface area contributed by atoms with Crippen LogP contribution >= 0.6 is 0 Å². The van der Waals surface area contributed by atoms with Crippen LogP contribution in [0.4, 0.5) is 34.1 Å². The Balaban J connectivity index is 1.08. The van der Waals surface area contributed by atoms with Crippen LogP contribution in [0.2, 0.25) is 0 Å². The molecule has 3 heterocycles. The van der Waals surface area contributed by atoms with E-state index < -0.39 is 0 Å². The first kappa shape index (κ1) is 51.0. The third-order valence-corrected chi connectivity index (χ3v) is 18.2. The van der Waals surface area contributed by atoms with Crippen molar-refractivity contribution in [2.24, 2.45) is 0 Å². The summed E-state index contributed by atoms with van der Waals surface area (Å²) in [5.74, 6) is 0. The maximum atomic E-state index is 2.63. The third kappa shape index (κ3) is 8.43. The molecule has 0 fully saturated rings. The zero-order chi connectivity index (χ0) is 57.6. The molecule has 2 aliphatic rings. The van der Waals surface area contributed by atoms with Gasteiger partial charge in [0.15, 0.2) is 0 Å². The summed E-state index contributed by atoms with van der Waals surface area (Å²) < 4.78 is 2.58. The SMILES string of the molecule is Cc1ccccc1-c1ccc2c(c1)N(c1cc(-c3ccccc3)cc(-c3ccccc3)c1)c1cc(-n3c4c(C)cccc4c4cccc(C)c43)cc3c1B2c1ccc(-c2ccccc2C)cc1N3c1cc(-c2ccccc2)cc(-c2ccccc2)c1. The Hall–Kier alpha value is -10.7. The van der Waals surface area contributed by atoms with Crippen molar-refractivity contribution in [1.29, 1.82) is 0 Å². The Kier molecular flexibility index (Phi) is 12.2. The fourth-order valence-electron chi connectivity index (χ4n) is 14.2. The van der Waals surface area contributed by atoms with Crippen LogP contribution in [0.25, 0.3) is 94.3 Å². The van der Waals surface area contributed by atoms with Gasteiger partial charge in [-0.2, -0.15) is 0 Å². The van der Waals surface area contributed by atoms with Crippen molar-refractivity contribution in [1.82, 2.24) is 4.57 Å². The van der Waals surface area contributed by atoms with E-state index in [0.29, 0.717) is 0 Å². The lowest BCUT2D eigenvalue weighted by molar-refractivity contribution is 1.14. The molecule has 406 valence electrons. The van der Waals surface area contributed by atoms with Crippen LogP contribution in [0.1, 0.15) is 22.3 Å². The van der Waals surface area contributed by atoms with E-state index >= 15 is 0 Å². The number of hydrogen-bond acceptors (Lipinski definition) is 2. The van der Waals surface area contributed by atoms with Gasteiger partial charge in [0.25, 0.3) is 6.71 Å². The molecule has 0 bridgehead atoms. The molecule has 0 aliphatic carbocycles. The van der Waals surface area contributed by atoms with E-state index in [1.54, 1.807) is 0 Å². The first-order valence-electron chi connectivity index (χ1n) is 30.0. The maximum Gasteiger partial charge on any atom is 0.252 e. The summed E-state index contributed by atoms with van der Waals surface area (Å²) in [5.41, 5.74) is 33.1. The average Bonchev–Trinajstić information content (AvgIpc) is 1.01. The number of rotatable bonds is 9. The molecule has 86 heavy (non-hydrogen) atoms. The molecule has 3 nitrogen and oxygen atoms in total. The number of hydrogen-bond donors (Lipinski definition) is 0. The second-order valence-corrected chi connectivity index (χ2v) is 23.5. The number of nitrogens with zero attached hydrogens (tertiary/aromatic N) is 3. The molecule has 0 radical (unpaired) electrons. The van der Waals surface area contributed by atoms with Crippen molar-refractivity contribution in [3.05, 3.63) is 313 Å². The summed E-state index contributed by atoms with van der Waals surface area (Å²) in [5, 5.41) is 2.49. The Morgan fingerprint density at radius 3 is 0.965 bits per heavy atom. The Labute approximate surface area is 504 Å². The molecule has 4 heteroatoms. The molecule has 2 aliphatic heterocycles. The predicted molar refractivity (Wildman–Crippen MR) is 366 cm³/mol. The molecular weight excluding hydrogens is 1040 g/mol. The molecule has 16 rings (SSSR count). The molecule has 1 aromatic heterocycles. The first-order chi connectivity index (χ1) is 42.3. The lowest BCUT2D eigenvalue weighted by atomic mass is 9.33. The monoisotopic (exact) mass is 1100 g/mol. The summed E-state index contributed by atoms with van der Waals surface area (Å²) in [6.45, 7) is 8.87. The van der Waals surface area contributed by atoms with Gasteiger partial charge in [-0.05, 0) is 194 Å². The lowest BCUT2D eigenvalue weighted by Crippen LogP contribution is -2.61. The molecule has 14 aromatic rings. The first-order valence-corrected chi connectivity index (χ1v) is 30.0. The minimum absolute atomic E-state index is 0.151. The van der Waals surface area contributed by atoms with E-state index in [1.807, 2.05) is 0 Å². The number of benzene rings is 13. The average molecular weight is 1100 g/mol. The smallest absolute Gasteiger partial charge is 0.252 e. The summed E-state index contributed by atoms with van der Waals surface area (Å²) in [4.78, 5) is 5.26. The largest absolute Gasteiger partial charge is 0.311 e. The van der Waals surface area contributed by atoms with Crippen molar-refractivity contribution in [3.8, 4) is 72.4 Å². The van der Waals surface area contributed by atoms with E-state index in [9.17, 15) is 0 Å². The highest BCUT2D eigenvalue weighted by Crippen LogP contribution is 2.50. The predicted octanol–water partition coefficient (Wildman–Crippen LogP) is 20.1. The second kappa shape index (κ2) is 20.6. The fourth-order valence-corrected chi connectivity index (χ4v) is 14.2. The number of para-hydroxylation sites is 2. The van der Waals surface area contributed by atoms with Crippen molar-refractivity contribution >= 4 is 79.0 Å². The van der Waals surface area contributed by atoms with Crippen LogP contribution in [-0.2, 0) is 0 Å². The molecule has 0 N–H and O–H groups in total. The molecule has 0 spiro atoms. The standard InChI is InChI=1S/C82H60BN3/c1-53-23-17-19-35-70(53)61-39-41-74-76(49-61)84(67-45-63(57-27-9-5-10-28-57)43-64(46-67)58-29-11-6-12-30-58)78-51-69(86-81-55(3)25-21-37-72(81)73-38-22-26-56(4)82(73)86)52-79-80(78)83(74)75-42-40-62(71-36-20-18-24-54(71)2)50-77(75)85(79)68-47-65(59-31-13-7-14-32-59)44-66(48-68)60-33-15-8-16-34-60/h5-52H,1-4H3. The Bertz CT molecular complexity index is 4560. The number of aryl methyl sites for hydroxylation is 4. The van der Waals surface area contributed by atoms with Crippen molar-refractivity contribution < 1.29 is 0 Å². The van der Waals surface area contributed by atoms with E-state index in [1.165, 1.54) is 105 Å². The van der Waals surface area contributed by atoms with Crippen LogP contribution in [0, 0.1) is 27.7 Å². The van der Waals surface area contributed by atoms with Gasteiger partial charge in [0.1, 0.15) is 0 Å². The summed E-state index contributed by atoms with van der Waals surface area (Å²) >= 11 is 0. The van der Waals surface area contributed by atoms with E-state index in [0.717, 1.165) is 62.1 Å². The third-order valence-electron chi connectivity index (χ3n) is 18.2. The topological polar surface area (TPSA) is 11.4 Å². The lowest BCUT2D eigenvalue weighted by Gasteiger charge is -2.45. The van der Waals surface area contributed by atoms with Crippen LogP contribution in [0.3, 0.4) is 0 Å². The van der Waals surface area contributed by atoms with Gasteiger partial charge in [0, 0.05) is 44.9 Å². The van der Waals surface area contributed by atoms with Gasteiger partial charge in [-0.25, -0.2) is 0 Å². The van der Waals surface area contributed by atoms with Gasteiger partial charge in [-0.15, -0.1) is 0 Å². The molecule has 0 atom stereocenters.